The van der Waals surface area contributed by atoms with Gasteiger partial charge in [-0.2, -0.15) is 0 Å². The van der Waals surface area contributed by atoms with E-state index in [2.05, 4.69) is 61.4 Å². The molecule has 0 radical (unpaired) electrons. The van der Waals surface area contributed by atoms with Crippen molar-refractivity contribution >= 4 is 5.69 Å². The van der Waals surface area contributed by atoms with Gasteiger partial charge in [0, 0.05) is 24.8 Å². The summed E-state index contributed by atoms with van der Waals surface area (Å²) < 4.78 is 5.79. The first-order chi connectivity index (χ1) is 9.60. The van der Waals surface area contributed by atoms with Gasteiger partial charge in [-0.05, 0) is 44.2 Å². The van der Waals surface area contributed by atoms with Crippen LogP contribution in [0.4, 0.5) is 5.69 Å². The number of anilines is 1. The standard InChI is InChI=1S/C17H24N2O/c1-5-18-11-17-10-15(14(3)20-17)12-19(4)16-8-6-7-13(2)9-16/h6-10,18H,5,11-12H2,1-4H3. The number of hydrogen-bond donors (Lipinski definition) is 1. The Balaban J connectivity index is 2.07. The molecule has 0 atom stereocenters. The van der Waals surface area contributed by atoms with Gasteiger partial charge < -0.3 is 14.6 Å². The molecule has 0 saturated carbocycles. The minimum Gasteiger partial charge on any atom is -0.465 e. The fraction of sp³-hybridized carbons (Fsp3) is 0.412. The number of nitrogens with one attached hydrogen (secondary N) is 1. The summed E-state index contributed by atoms with van der Waals surface area (Å²) in [5, 5.41) is 3.29. The molecule has 20 heavy (non-hydrogen) atoms. The van der Waals surface area contributed by atoms with Crippen LogP contribution in [0.3, 0.4) is 0 Å². The van der Waals surface area contributed by atoms with Crippen LogP contribution in [0.2, 0.25) is 0 Å². The van der Waals surface area contributed by atoms with Gasteiger partial charge in [-0.15, -0.1) is 0 Å². The van der Waals surface area contributed by atoms with Crippen molar-refractivity contribution in [1.82, 2.24) is 5.32 Å². The van der Waals surface area contributed by atoms with E-state index < -0.39 is 0 Å². The van der Waals surface area contributed by atoms with Gasteiger partial charge in [0.25, 0.3) is 0 Å². The quantitative estimate of drug-likeness (QED) is 0.870. The van der Waals surface area contributed by atoms with Crippen LogP contribution in [0, 0.1) is 13.8 Å². The van der Waals surface area contributed by atoms with Gasteiger partial charge in [-0.3, -0.25) is 0 Å². The van der Waals surface area contributed by atoms with E-state index in [0.717, 1.165) is 31.2 Å². The highest BCUT2D eigenvalue weighted by molar-refractivity contribution is 5.48. The first kappa shape index (κ1) is 14.7. The lowest BCUT2D eigenvalue weighted by Crippen LogP contribution is -2.16. The minimum absolute atomic E-state index is 0.797. The molecule has 3 nitrogen and oxygen atoms in total. The highest BCUT2D eigenvalue weighted by Gasteiger charge is 2.10. The van der Waals surface area contributed by atoms with Crippen LogP contribution >= 0.6 is 0 Å². The Kier molecular flexibility index (Phi) is 4.85. The topological polar surface area (TPSA) is 28.4 Å². The van der Waals surface area contributed by atoms with E-state index in [1.54, 1.807) is 0 Å². The fourth-order valence-electron chi connectivity index (χ4n) is 2.29. The average Bonchev–Trinajstić information content (AvgIpc) is 2.77. The van der Waals surface area contributed by atoms with Gasteiger partial charge >= 0.3 is 0 Å². The van der Waals surface area contributed by atoms with E-state index >= 15 is 0 Å². The summed E-state index contributed by atoms with van der Waals surface area (Å²) in [5.74, 6) is 2.02. The zero-order valence-electron chi connectivity index (χ0n) is 12.9. The van der Waals surface area contributed by atoms with Gasteiger partial charge in [0.05, 0.1) is 6.54 Å². The number of rotatable bonds is 6. The van der Waals surface area contributed by atoms with Gasteiger partial charge in [-0.25, -0.2) is 0 Å². The van der Waals surface area contributed by atoms with Gasteiger partial charge in [0.2, 0.25) is 0 Å². The third-order valence-electron chi connectivity index (χ3n) is 3.47. The van der Waals surface area contributed by atoms with Gasteiger partial charge in [0.15, 0.2) is 0 Å². The van der Waals surface area contributed by atoms with Crippen molar-refractivity contribution in [3.8, 4) is 0 Å². The molecule has 0 amide bonds. The molecular formula is C17H24N2O. The van der Waals surface area contributed by atoms with Crippen molar-refractivity contribution < 1.29 is 4.42 Å². The number of nitrogens with zero attached hydrogens (tertiary/aromatic N) is 1. The number of furan rings is 1. The first-order valence-electron chi connectivity index (χ1n) is 7.17. The Hall–Kier alpha value is -1.74. The summed E-state index contributed by atoms with van der Waals surface area (Å²) in [7, 11) is 2.12. The number of benzene rings is 1. The van der Waals surface area contributed by atoms with Crippen LogP contribution in [-0.2, 0) is 13.1 Å². The van der Waals surface area contributed by atoms with Crippen molar-refractivity contribution in [2.24, 2.45) is 0 Å². The summed E-state index contributed by atoms with van der Waals surface area (Å²) >= 11 is 0. The van der Waals surface area contributed by atoms with E-state index in [1.165, 1.54) is 16.8 Å². The van der Waals surface area contributed by atoms with Crippen molar-refractivity contribution in [2.45, 2.75) is 33.9 Å². The molecule has 0 unspecified atom stereocenters. The number of aryl methyl sites for hydroxylation is 2. The monoisotopic (exact) mass is 272 g/mol. The molecule has 0 aliphatic heterocycles. The molecule has 108 valence electrons. The molecule has 1 heterocycles. The highest BCUT2D eigenvalue weighted by Crippen LogP contribution is 2.21. The van der Waals surface area contributed by atoms with Crippen LogP contribution in [0.5, 0.6) is 0 Å². The van der Waals surface area contributed by atoms with Crippen LogP contribution in [-0.4, -0.2) is 13.6 Å². The zero-order chi connectivity index (χ0) is 14.5. The predicted molar refractivity (Wildman–Crippen MR) is 84.1 cm³/mol. The molecule has 1 aromatic heterocycles. The van der Waals surface area contributed by atoms with Crippen molar-refractivity contribution in [2.75, 3.05) is 18.5 Å². The second kappa shape index (κ2) is 6.62. The molecular weight excluding hydrogens is 248 g/mol. The maximum Gasteiger partial charge on any atom is 0.118 e. The second-order valence-electron chi connectivity index (χ2n) is 5.27. The molecule has 0 fully saturated rings. The van der Waals surface area contributed by atoms with Gasteiger partial charge in [-0.1, -0.05) is 19.1 Å². The lowest BCUT2D eigenvalue weighted by atomic mass is 10.2. The van der Waals surface area contributed by atoms with Crippen LogP contribution in [0.1, 0.15) is 29.6 Å². The highest BCUT2D eigenvalue weighted by atomic mass is 16.3. The predicted octanol–water partition coefficient (Wildman–Crippen LogP) is 3.64. The average molecular weight is 272 g/mol. The first-order valence-corrected chi connectivity index (χ1v) is 7.17. The Morgan fingerprint density at radius 1 is 1.20 bits per heavy atom. The fourth-order valence-corrected chi connectivity index (χ4v) is 2.29. The summed E-state index contributed by atoms with van der Waals surface area (Å²) in [6.07, 6.45) is 0. The van der Waals surface area contributed by atoms with Crippen LogP contribution in [0.25, 0.3) is 0 Å². The van der Waals surface area contributed by atoms with Crippen molar-refractivity contribution in [1.29, 1.82) is 0 Å². The smallest absolute Gasteiger partial charge is 0.118 e. The third-order valence-corrected chi connectivity index (χ3v) is 3.47. The van der Waals surface area contributed by atoms with E-state index in [1.807, 2.05) is 6.92 Å². The minimum atomic E-state index is 0.797. The van der Waals surface area contributed by atoms with Gasteiger partial charge in [0.1, 0.15) is 11.5 Å². The van der Waals surface area contributed by atoms with E-state index in [-0.39, 0.29) is 0 Å². The molecule has 1 aromatic carbocycles. The molecule has 0 spiro atoms. The van der Waals surface area contributed by atoms with E-state index in [9.17, 15) is 0 Å². The largest absolute Gasteiger partial charge is 0.465 e. The Bertz CT molecular complexity index is 560. The molecule has 0 aliphatic carbocycles. The Morgan fingerprint density at radius 2 is 2.00 bits per heavy atom. The van der Waals surface area contributed by atoms with E-state index in [0.29, 0.717) is 0 Å². The maximum absolute atomic E-state index is 5.79. The lowest BCUT2D eigenvalue weighted by molar-refractivity contribution is 0.463. The molecule has 0 bridgehead atoms. The summed E-state index contributed by atoms with van der Waals surface area (Å²) in [6, 6.07) is 10.7. The van der Waals surface area contributed by atoms with E-state index in [4.69, 9.17) is 4.42 Å². The molecule has 0 aliphatic rings. The van der Waals surface area contributed by atoms with Crippen LogP contribution in [0.15, 0.2) is 34.7 Å². The normalized spacial score (nSPS) is 10.8. The third kappa shape index (κ3) is 3.64. The Labute approximate surface area is 121 Å². The molecule has 0 saturated heterocycles. The van der Waals surface area contributed by atoms with Crippen molar-refractivity contribution in [3.05, 3.63) is 53.0 Å². The zero-order valence-corrected chi connectivity index (χ0v) is 12.9. The van der Waals surface area contributed by atoms with Crippen molar-refractivity contribution in [3.63, 3.8) is 0 Å². The molecule has 3 heteroatoms. The molecule has 1 N–H and O–H groups in total. The summed E-state index contributed by atoms with van der Waals surface area (Å²) in [6.45, 7) is 8.88. The van der Waals surface area contributed by atoms with Crippen LogP contribution < -0.4 is 10.2 Å². The molecule has 2 aromatic rings. The summed E-state index contributed by atoms with van der Waals surface area (Å²) in [5.41, 5.74) is 3.77. The summed E-state index contributed by atoms with van der Waals surface area (Å²) in [4.78, 5) is 2.25. The SMILES string of the molecule is CCNCc1cc(CN(C)c2cccc(C)c2)c(C)o1. The number of hydrogen-bond acceptors (Lipinski definition) is 3. The second-order valence-corrected chi connectivity index (χ2v) is 5.27. The maximum atomic E-state index is 5.79. The lowest BCUT2D eigenvalue weighted by Gasteiger charge is -2.19. The Morgan fingerprint density at radius 3 is 2.70 bits per heavy atom. The molecule has 2 rings (SSSR count).